The van der Waals surface area contributed by atoms with Gasteiger partial charge in [-0.3, -0.25) is 9.63 Å². The Morgan fingerprint density at radius 3 is 2.82 bits per heavy atom. The summed E-state index contributed by atoms with van der Waals surface area (Å²) in [6, 6.07) is 0. The molecule has 0 aromatic heterocycles. The fourth-order valence-electron chi connectivity index (χ4n) is 2.06. The average molecular weight is 244 g/mol. The number of piperidine rings is 1. The Labute approximate surface area is 101 Å². The van der Waals surface area contributed by atoms with Gasteiger partial charge in [0.15, 0.2) is 0 Å². The van der Waals surface area contributed by atoms with E-state index >= 15 is 0 Å². The first kappa shape index (κ1) is 13.8. The van der Waals surface area contributed by atoms with Crippen molar-refractivity contribution in [3.63, 3.8) is 0 Å². The van der Waals surface area contributed by atoms with E-state index in [2.05, 4.69) is 0 Å². The minimum absolute atomic E-state index is 0.0695. The lowest BCUT2D eigenvalue weighted by atomic mass is 9.93. The number of hydroxylamine groups is 2. The molecule has 1 rings (SSSR count). The fraction of sp³-hybridized carbons (Fsp3) is 0.818. The summed E-state index contributed by atoms with van der Waals surface area (Å²) in [6.07, 6.45) is 2.13. The number of likely N-dealkylation sites (tertiary alicyclic amines) is 1. The van der Waals surface area contributed by atoms with Crippen LogP contribution in [0.15, 0.2) is 0 Å². The van der Waals surface area contributed by atoms with Crippen LogP contribution in [0, 0.1) is 5.92 Å². The van der Waals surface area contributed by atoms with E-state index < -0.39 is 6.09 Å². The Hall–Kier alpha value is -1.30. The summed E-state index contributed by atoms with van der Waals surface area (Å²) in [5.41, 5.74) is 0. The molecule has 6 nitrogen and oxygen atoms in total. The van der Waals surface area contributed by atoms with Crippen LogP contribution in [0.5, 0.6) is 0 Å². The summed E-state index contributed by atoms with van der Waals surface area (Å²) in [5.74, 6) is 0.217. The van der Waals surface area contributed by atoms with E-state index in [0.29, 0.717) is 19.5 Å². The molecule has 17 heavy (non-hydrogen) atoms. The van der Waals surface area contributed by atoms with Crippen molar-refractivity contribution in [2.75, 3.05) is 27.2 Å². The molecule has 0 aromatic rings. The highest BCUT2D eigenvalue weighted by molar-refractivity contribution is 5.74. The number of carbonyl (C=O) groups excluding carboxylic acids is 1. The second kappa shape index (κ2) is 6.44. The molecular formula is C11H20N2O4. The van der Waals surface area contributed by atoms with Crippen LogP contribution in [0.4, 0.5) is 4.79 Å². The Morgan fingerprint density at radius 1 is 1.53 bits per heavy atom. The molecule has 0 spiro atoms. The predicted octanol–water partition coefficient (Wildman–Crippen LogP) is 1.18. The lowest BCUT2D eigenvalue weighted by Crippen LogP contribution is -2.39. The number of hydrogen-bond acceptors (Lipinski definition) is 3. The van der Waals surface area contributed by atoms with E-state index in [1.165, 1.54) is 17.1 Å². The molecular weight excluding hydrogens is 224 g/mol. The second-order valence-corrected chi connectivity index (χ2v) is 4.35. The number of carbonyl (C=O) groups is 2. The number of nitrogens with zero attached hydrogens (tertiary/aromatic N) is 2. The molecule has 6 heteroatoms. The zero-order valence-corrected chi connectivity index (χ0v) is 10.4. The molecule has 1 unspecified atom stereocenters. The molecule has 1 N–H and O–H groups in total. The van der Waals surface area contributed by atoms with Crippen LogP contribution in [0.1, 0.15) is 25.7 Å². The smallest absolute Gasteiger partial charge is 0.407 e. The molecule has 1 atom stereocenters. The van der Waals surface area contributed by atoms with Gasteiger partial charge in [-0.15, -0.1) is 0 Å². The molecule has 1 heterocycles. The molecule has 1 fully saturated rings. The molecule has 0 aliphatic carbocycles. The maximum Gasteiger partial charge on any atom is 0.407 e. The molecule has 98 valence electrons. The highest BCUT2D eigenvalue weighted by Crippen LogP contribution is 2.21. The van der Waals surface area contributed by atoms with Gasteiger partial charge in [-0.1, -0.05) is 0 Å². The van der Waals surface area contributed by atoms with E-state index in [9.17, 15) is 9.59 Å². The monoisotopic (exact) mass is 244 g/mol. The lowest BCUT2D eigenvalue weighted by Gasteiger charge is -2.30. The SMILES string of the molecule is CON(C)C(=O)CCC1CCCN(C(=O)O)C1. The quantitative estimate of drug-likeness (QED) is 0.754. The van der Waals surface area contributed by atoms with Crippen LogP contribution in [0.25, 0.3) is 0 Å². The van der Waals surface area contributed by atoms with Gasteiger partial charge in [0, 0.05) is 26.6 Å². The van der Waals surface area contributed by atoms with Gasteiger partial charge < -0.3 is 10.0 Å². The molecule has 0 saturated carbocycles. The lowest BCUT2D eigenvalue weighted by molar-refractivity contribution is -0.169. The van der Waals surface area contributed by atoms with E-state index in [0.717, 1.165) is 19.3 Å². The number of hydrogen-bond donors (Lipinski definition) is 1. The van der Waals surface area contributed by atoms with Gasteiger partial charge >= 0.3 is 6.09 Å². The van der Waals surface area contributed by atoms with Crippen molar-refractivity contribution in [2.24, 2.45) is 5.92 Å². The maximum absolute atomic E-state index is 11.5. The van der Waals surface area contributed by atoms with E-state index in [1.54, 1.807) is 7.05 Å². The van der Waals surface area contributed by atoms with E-state index in [1.807, 2.05) is 0 Å². The summed E-state index contributed by atoms with van der Waals surface area (Å²) in [5, 5.41) is 10.1. The highest BCUT2D eigenvalue weighted by Gasteiger charge is 2.23. The second-order valence-electron chi connectivity index (χ2n) is 4.35. The fourth-order valence-corrected chi connectivity index (χ4v) is 2.06. The van der Waals surface area contributed by atoms with Crippen molar-refractivity contribution in [3.05, 3.63) is 0 Å². The molecule has 1 aliphatic rings. The van der Waals surface area contributed by atoms with Crippen LogP contribution in [0.2, 0.25) is 0 Å². The topological polar surface area (TPSA) is 70.1 Å². The van der Waals surface area contributed by atoms with Gasteiger partial charge in [0.1, 0.15) is 0 Å². The van der Waals surface area contributed by atoms with Crippen molar-refractivity contribution in [1.29, 1.82) is 0 Å². The maximum atomic E-state index is 11.5. The first-order chi connectivity index (χ1) is 8.04. The molecule has 1 aliphatic heterocycles. The summed E-state index contributed by atoms with van der Waals surface area (Å²) in [7, 11) is 3.03. The third kappa shape index (κ3) is 4.22. The predicted molar refractivity (Wildman–Crippen MR) is 61.3 cm³/mol. The van der Waals surface area contributed by atoms with Gasteiger partial charge in [-0.2, -0.15) is 0 Å². The largest absolute Gasteiger partial charge is 0.465 e. The molecule has 0 aromatic carbocycles. The summed E-state index contributed by atoms with van der Waals surface area (Å²) >= 11 is 0. The highest BCUT2D eigenvalue weighted by atomic mass is 16.7. The minimum Gasteiger partial charge on any atom is -0.465 e. The van der Waals surface area contributed by atoms with Crippen LogP contribution < -0.4 is 0 Å². The van der Waals surface area contributed by atoms with Crippen molar-refractivity contribution in [1.82, 2.24) is 9.96 Å². The zero-order chi connectivity index (χ0) is 12.8. The van der Waals surface area contributed by atoms with Crippen molar-refractivity contribution in [3.8, 4) is 0 Å². The Morgan fingerprint density at radius 2 is 2.24 bits per heavy atom. The normalized spacial score (nSPS) is 20.1. The number of rotatable bonds is 4. The number of carboxylic acid groups (broad SMARTS) is 1. The molecule has 0 bridgehead atoms. The van der Waals surface area contributed by atoms with Crippen molar-refractivity contribution < 1.29 is 19.5 Å². The Balaban J connectivity index is 2.32. The van der Waals surface area contributed by atoms with Gasteiger partial charge in [0.2, 0.25) is 5.91 Å². The molecule has 2 amide bonds. The summed E-state index contributed by atoms with van der Waals surface area (Å²) in [4.78, 5) is 28.5. The third-order valence-electron chi connectivity index (χ3n) is 3.18. The molecule has 1 saturated heterocycles. The zero-order valence-electron chi connectivity index (χ0n) is 10.4. The van der Waals surface area contributed by atoms with Gasteiger partial charge in [0.05, 0.1) is 7.11 Å². The van der Waals surface area contributed by atoms with Crippen LogP contribution in [0.3, 0.4) is 0 Å². The summed E-state index contributed by atoms with van der Waals surface area (Å²) < 4.78 is 0. The van der Waals surface area contributed by atoms with Crippen molar-refractivity contribution in [2.45, 2.75) is 25.7 Å². The van der Waals surface area contributed by atoms with Gasteiger partial charge in [0.25, 0.3) is 0 Å². The van der Waals surface area contributed by atoms with Gasteiger partial charge in [-0.05, 0) is 25.2 Å². The Bertz CT molecular complexity index is 283. The minimum atomic E-state index is -0.866. The van der Waals surface area contributed by atoms with Crippen LogP contribution >= 0.6 is 0 Å². The van der Waals surface area contributed by atoms with E-state index in [-0.39, 0.29) is 11.8 Å². The van der Waals surface area contributed by atoms with Crippen LogP contribution in [-0.4, -0.2) is 54.3 Å². The van der Waals surface area contributed by atoms with Crippen LogP contribution in [-0.2, 0) is 9.63 Å². The first-order valence-corrected chi connectivity index (χ1v) is 5.83. The standard InChI is InChI=1S/C11H20N2O4/c1-12(17-2)10(14)6-5-9-4-3-7-13(8-9)11(15)16/h9H,3-8H2,1-2H3,(H,15,16). The first-order valence-electron chi connectivity index (χ1n) is 5.83. The third-order valence-corrected chi connectivity index (χ3v) is 3.18. The number of amides is 2. The van der Waals surface area contributed by atoms with Crippen molar-refractivity contribution >= 4 is 12.0 Å². The average Bonchev–Trinajstić information content (AvgIpc) is 2.35. The summed E-state index contributed by atoms with van der Waals surface area (Å²) in [6.45, 7) is 1.15. The van der Waals surface area contributed by atoms with Gasteiger partial charge in [-0.25, -0.2) is 9.86 Å². The molecule has 0 radical (unpaired) electrons. The Kier molecular flexibility index (Phi) is 5.21. The van der Waals surface area contributed by atoms with E-state index in [4.69, 9.17) is 9.94 Å².